The molecule has 0 saturated carbocycles. The zero-order chi connectivity index (χ0) is 11.6. The van der Waals surface area contributed by atoms with E-state index in [1.807, 2.05) is 12.1 Å². The Morgan fingerprint density at radius 2 is 1.75 bits per heavy atom. The first-order valence-electron chi connectivity index (χ1n) is 5.94. The molecule has 0 amide bonds. The number of nitrogens with two attached hydrogens (primary N) is 1. The molecule has 0 aliphatic carbocycles. The van der Waals surface area contributed by atoms with Gasteiger partial charge in [-0.1, -0.05) is 12.1 Å². The Hall–Kier alpha value is -1.06. The molecule has 3 nitrogen and oxygen atoms in total. The van der Waals surface area contributed by atoms with Crippen molar-refractivity contribution in [1.82, 2.24) is 4.90 Å². The second-order valence-electron chi connectivity index (χ2n) is 5.27. The molecule has 1 aliphatic heterocycles. The highest BCUT2D eigenvalue weighted by atomic mass is 15.4. The van der Waals surface area contributed by atoms with Crippen molar-refractivity contribution in [2.24, 2.45) is 0 Å². The molecular formula is C13H22N3+. The maximum Gasteiger partial charge on any atom is 0.104 e. The third kappa shape index (κ3) is 2.74. The molecule has 1 fully saturated rings. The SMILES string of the molecule is CN1CC[N+](C)(Cc2ccc(N)cc2)CC1. The van der Waals surface area contributed by atoms with Gasteiger partial charge in [0, 0.05) is 24.3 Å². The normalized spacial score (nSPS) is 20.9. The van der Waals surface area contributed by atoms with E-state index >= 15 is 0 Å². The lowest BCUT2D eigenvalue weighted by Crippen LogP contribution is -2.55. The second kappa shape index (κ2) is 4.44. The topological polar surface area (TPSA) is 29.3 Å². The van der Waals surface area contributed by atoms with Crippen LogP contribution in [-0.2, 0) is 6.54 Å². The van der Waals surface area contributed by atoms with E-state index in [2.05, 4.69) is 31.1 Å². The summed E-state index contributed by atoms with van der Waals surface area (Å²) in [6.45, 7) is 5.99. The van der Waals surface area contributed by atoms with Crippen LogP contribution >= 0.6 is 0 Å². The van der Waals surface area contributed by atoms with Crippen LogP contribution in [0.15, 0.2) is 24.3 Å². The summed E-state index contributed by atoms with van der Waals surface area (Å²) in [5, 5.41) is 0. The van der Waals surface area contributed by atoms with Crippen molar-refractivity contribution in [3.05, 3.63) is 29.8 Å². The highest BCUT2D eigenvalue weighted by Gasteiger charge is 2.26. The zero-order valence-corrected chi connectivity index (χ0v) is 10.3. The molecule has 1 saturated heterocycles. The Labute approximate surface area is 98.0 Å². The van der Waals surface area contributed by atoms with Gasteiger partial charge in [-0.05, 0) is 19.2 Å². The first kappa shape index (κ1) is 11.4. The highest BCUT2D eigenvalue weighted by molar-refractivity contribution is 5.39. The lowest BCUT2D eigenvalue weighted by atomic mass is 10.1. The fourth-order valence-corrected chi connectivity index (χ4v) is 2.27. The minimum absolute atomic E-state index is 0.852. The van der Waals surface area contributed by atoms with Crippen molar-refractivity contribution in [3.63, 3.8) is 0 Å². The first-order chi connectivity index (χ1) is 7.57. The van der Waals surface area contributed by atoms with Crippen molar-refractivity contribution in [3.8, 4) is 0 Å². The Morgan fingerprint density at radius 1 is 1.19 bits per heavy atom. The average Bonchev–Trinajstić information content (AvgIpc) is 2.27. The molecule has 3 heteroatoms. The van der Waals surface area contributed by atoms with Gasteiger partial charge in [0.2, 0.25) is 0 Å². The van der Waals surface area contributed by atoms with Crippen LogP contribution in [0, 0.1) is 0 Å². The highest BCUT2D eigenvalue weighted by Crippen LogP contribution is 2.16. The third-order valence-corrected chi connectivity index (χ3v) is 3.59. The maximum absolute atomic E-state index is 5.70. The van der Waals surface area contributed by atoms with E-state index in [4.69, 9.17) is 5.73 Å². The average molecular weight is 220 g/mol. The first-order valence-corrected chi connectivity index (χ1v) is 5.94. The fourth-order valence-electron chi connectivity index (χ4n) is 2.27. The van der Waals surface area contributed by atoms with E-state index in [9.17, 15) is 0 Å². The molecular weight excluding hydrogens is 198 g/mol. The van der Waals surface area contributed by atoms with Crippen LogP contribution in [0.3, 0.4) is 0 Å². The Morgan fingerprint density at radius 3 is 2.31 bits per heavy atom. The van der Waals surface area contributed by atoms with Crippen molar-refractivity contribution in [1.29, 1.82) is 0 Å². The summed E-state index contributed by atoms with van der Waals surface area (Å²) < 4.78 is 1.15. The fraction of sp³-hybridized carbons (Fsp3) is 0.538. The van der Waals surface area contributed by atoms with E-state index < -0.39 is 0 Å². The second-order valence-corrected chi connectivity index (χ2v) is 5.27. The van der Waals surface area contributed by atoms with Crippen LogP contribution in [-0.4, -0.2) is 49.7 Å². The monoisotopic (exact) mass is 220 g/mol. The van der Waals surface area contributed by atoms with E-state index in [1.54, 1.807) is 0 Å². The molecule has 0 aromatic heterocycles. The lowest BCUT2D eigenvalue weighted by molar-refractivity contribution is -0.926. The molecule has 0 unspecified atom stereocenters. The number of hydrogen-bond donors (Lipinski definition) is 1. The molecule has 2 rings (SSSR count). The molecule has 0 spiro atoms. The summed E-state index contributed by atoms with van der Waals surface area (Å²) in [7, 11) is 4.55. The van der Waals surface area contributed by atoms with Gasteiger partial charge in [-0.2, -0.15) is 0 Å². The summed E-state index contributed by atoms with van der Waals surface area (Å²) in [5.41, 5.74) is 7.94. The van der Waals surface area contributed by atoms with Crippen molar-refractivity contribution in [2.45, 2.75) is 6.54 Å². The van der Waals surface area contributed by atoms with Gasteiger partial charge in [0.1, 0.15) is 6.54 Å². The predicted molar refractivity (Wildman–Crippen MR) is 68.0 cm³/mol. The number of quaternary nitrogens is 1. The number of rotatable bonds is 2. The minimum atomic E-state index is 0.852. The van der Waals surface area contributed by atoms with E-state index in [0.29, 0.717) is 0 Å². The number of nitrogens with zero attached hydrogens (tertiary/aromatic N) is 2. The molecule has 0 atom stereocenters. The smallest absolute Gasteiger partial charge is 0.104 e. The summed E-state index contributed by atoms with van der Waals surface area (Å²) in [5.74, 6) is 0. The van der Waals surface area contributed by atoms with E-state index in [-0.39, 0.29) is 0 Å². The lowest BCUT2D eigenvalue weighted by Gasteiger charge is -2.41. The largest absolute Gasteiger partial charge is 0.399 e. The molecule has 0 bridgehead atoms. The molecule has 1 aromatic carbocycles. The van der Waals surface area contributed by atoms with Crippen LogP contribution < -0.4 is 5.73 Å². The van der Waals surface area contributed by atoms with Gasteiger partial charge in [-0.15, -0.1) is 0 Å². The summed E-state index contributed by atoms with van der Waals surface area (Å²) in [4.78, 5) is 2.41. The number of benzene rings is 1. The summed E-state index contributed by atoms with van der Waals surface area (Å²) in [6.07, 6.45) is 0. The minimum Gasteiger partial charge on any atom is -0.399 e. The summed E-state index contributed by atoms with van der Waals surface area (Å²) >= 11 is 0. The molecule has 1 aliphatic rings. The number of piperazine rings is 1. The number of nitrogen functional groups attached to an aromatic ring is 1. The van der Waals surface area contributed by atoms with Crippen LogP contribution in [0.25, 0.3) is 0 Å². The standard InChI is InChI=1S/C13H22N3/c1-15-7-9-16(2,10-8-15)11-12-3-5-13(14)6-4-12/h3-6H,7-11,14H2,1-2H3/q+1. The molecule has 0 radical (unpaired) electrons. The zero-order valence-electron chi connectivity index (χ0n) is 10.3. The molecule has 2 N–H and O–H groups in total. The van der Waals surface area contributed by atoms with Gasteiger partial charge in [-0.25, -0.2) is 0 Å². The molecule has 16 heavy (non-hydrogen) atoms. The van der Waals surface area contributed by atoms with Gasteiger partial charge in [0.15, 0.2) is 0 Å². The molecule has 1 aromatic rings. The quantitative estimate of drug-likeness (QED) is 0.598. The van der Waals surface area contributed by atoms with Gasteiger partial charge < -0.3 is 10.2 Å². The van der Waals surface area contributed by atoms with Gasteiger partial charge in [0.25, 0.3) is 0 Å². The van der Waals surface area contributed by atoms with Crippen molar-refractivity contribution < 1.29 is 4.48 Å². The van der Waals surface area contributed by atoms with Crippen molar-refractivity contribution in [2.75, 3.05) is 46.0 Å². The van der Waals surface area contributed by atoms with Gasteiger partial charge >= 0.3 is 0 Å². The third-order valence-electron chi connectivity index (χ3n) is 3.59. The van der Waals surface area contributed by atoms with Crippen LogP contribution in [0.2, 0.25) is 0 Å². The van der Waals surface area contributed by atoms with Crippen molar-refractivity contribution >= 4 is 5.69 Å². The number of likely N-dealkylation sites (N-methyl/N-ethyl adjacent to an activating group) is 2. The predicted octanol–water partition coefficient (Wildman–Crippen LogP) is 1.16. The van der Waals surface area contributed by atoms with Gasteiger partial charge in [0.05, 0.1) is 20.1 Å². The Bertz CT molecular complexity index is 337. The van der Waals surface area contributed by atoms with E-state index in [0.717, 1.165) is 16.7 Å². The maximum atomic E-state index is 5.70. The number of anilines is 1. The Balaban J connectivity index is 2.00. The van der Waals surface area contributed by atoms with Crippen LogP contribution in [0.5, 0.6) is 0 Å². The van der Waals surface area contributed by atoms with Gasteiger partial charge in [-0.3, -0.25) is 4.90 Å². The molecule has 1 heterocycles. The Kier molecular flexibility index (Phi) is 3.17. The van der Waals surface area contributed by atoms with Crippen LogP contribution in [0.1, 0.15) is 5.56 Å². The number of hydrogen-bond acceptors (Lipinski definition) is 2. The summed E-state index contributed by atoms with van der Waals surface area (Å²) in [6, 6.07) is 8.30. The van der Waals surface area contributed by atoms with Crippen LogP contribution in [0.4, 0.5) is 5.69 Å². The molecule has 88 valence electrons. The van der Waals surface area contributed by atoms with E-state index in [1.165, 1.54) is 31.7 Å².